The molecule has 1 heterocycles. The van der Waals surface area contributed by atoms with Gasteiger partial charge in [0.05, 0.1) is 12.7 Å². The molecular weight excluding hydrogens is 246 g/mol. The van der Waals surface area contributed by atoms with Crippen molar-refractivity contribution in [3.63, 3.8) is 0 Å². The molecule has 1 aliphatic carbocycles. The minimum atomic E-state index is -0.746. The fraction of sp³-hybridized carbons (Fsp3) is 0.571. The quantitative estimate of drug-likeness (QED) is 0.823. The minimum absolute atomic E-state index is 0.0372. The Bertz CT molecular complexity index is 532. The first-order valence-corrected chi connectivity index (χ1v) is 6.46. The number of nitrogens with zero attached hydrogens (tertiary/aromatic N) is 1. The third-order valence-corrected chi connectivity index (χ3v) is 3.70. The number of ether oxygens (including phenoxy) is 1. The molecule has 104 valence electrons. The van der Waals surface area contributed by atoms with Crippen molar-refractivity contribution in [2.45, 2.75) is 44.2 Å². The maximum atomic E-state index is 12.3. The Morgan fingerprint density at radius 2 is 2.32 bits per heavy atom. The van der Waals surface area contributed by atoms with Gasteiger partial charge in [0.15, 0.2) is 0 Å². The summed E-state index contributed by atoms with van der Waals surface area (Å²) in [6.07, 6.45) is 4.64. The number of methoxy groups -OCH3 is 1. The van der Waals surface area contributed by atoms with Gasteiger partial charge in [-0.15, -0.1) is 0 Å². The topological polar surface area (TPSA) is 68.5 Å². The highest BCUT2D eigenvalue weighted by atomic mass is 16.5. The van der Waals surface area contributed by atoms with E-state index < -0.39 is 11.6 Å². The van der Waals surface area contributed by atoms with Gasteiger partial charge in [-0.3, -0.25) is 4.79 Å². The lowest BCUT2D eigenvalue weighted by Gasteiger charge is -2.34. The van der Waals surface area contributed by atoms with Crippen molar-refractivity contribution in [1.82, 2.24) is 4.57 Å². The second-order valence-electron chi connectivity index (χ2n) is 5.37. The van der Waals surface area contributed by atoms with Crippen molar-refractivity contribution >= 4 is 5.97 Å². The van der Waals surface area contributed by atoms with Gasteiger partial charge >= 0.3 is 5.97 Å². The summed E-state index contributed by atoms with van der Waals surface area (Å²) in [7, 11) is 1.25. The first-order chi connectivity index (χ1) is 8.94. The number of aromatic nitrogens is 1. The van der Waals surface area contributed by atoms with Crippen LogP contribution in [-0.4, -0.2) is 28.4 Å². The summed E-state index contributed by atoms with van der Waals surface area (Å²) >= 11 is 0. The van der Waals surface area contributed by atoms with E-state index in [0.29, 0.717) is 6.42 Å². The molecule has 1 aromatic heterocycles. The zero-order chi connectivity index (χ0) is 14.0. The van der Waals surface area contributed by atoms with E-state index in [0.717, 1.165) is 19.3 Å². The summed E-state index contributed by atoms with van der Waals surface area (Å²) in [6, 6.07) is 3.06. The monoisotopic (exact) mass is 265 g/mol. The summed E-state index contributed by atoms with van der Waals surface area (Å²) in [5.41, 5.74) is -1.06. The molecule has 5 nitrogen and oxygen atoms in total. The van der Waals surface area contributed by atoms with Crippen molar-refractivity contribution in [3.8, 4) is 0 Å². The highest BCUT2D eigenvalue weighted by Gasteiger charge is 2.31. The van der Waals surface area contributed by atoms with Crippen LogP contribution in [0.25, 0.3) is 0 Å². The molecule has 1 unspecified atom stereocenters. The van der Waals surface area contributed by atoms with E-state index in [9.17, 15) is 14.7 Å². The molecule has 1 N–H and O–H groups in total. The predicted molar refractivity (Wildman–Crippen MR) is 70.2 cm³/mol. The summed E-state index contributed by atoms with van der Waals surface area (Å²) in [6.45, 7) is 1.79. The Morgan fingerprint density at radius 1 is 1.58 bits per heavy atom. The van der Waals surface area contributed by atoms with E-state index in [2.05, 4.69) is 4.74 Å². The molecule has 0 bridgehead atoms. The van der Waals surface area contributed by atoms with Gasteiger partial charge in [-0.1, -0.05) is 0 Å². The molecule has 0 aliphatic heterocycles. The van der Waals surface area contributed by atoms with Crippen LogP contribution in [0.2, 0.25) is 0 Å². The van der Waals surface area contributed by atoms with Gasteiger partial charge in [-0.25, -0.2) is 4.79 Å². The van der Waals surface area contributed by atoms with E-state index in [1.807, 2.05) is 0 Å². The van der Waals surface area contributed by atoms with E-state index in [4.69, 9.17) is 0 Å². The van der Waals surface area contributed by atoms with Crippen LogP contribution in [0.1, 0.15) is 49.0 Å². The largest absolute Gasteiger partial charge is 0.465 e. The Balaban J connectivity index is 2.35. The molecule has 19 heavy (non-hydrogen) atoms. The molecule has 1 fully saturated rings. The summed E-state index contributed by atoms with van der Waals surface area (Å²) < 4.78 is 6.14. The van der Waals surface area contributed by atoms with Gasteiger partial charge in [-0.2, -0.15) is 0 Å². The molecule has 1 aliphatic rings. The summed E-state index contributed by atoms with van der Waals surface area (Å²) in [5.74, 6) is -0.623. The molecule has 0 amide bonds. The highest BCUT2D eigenvalue weighted by molar-refractivity contribution is 5.88. The normalized spacial score (nSPS) is 27.0. The fourth-order valence-corrected chi connectivity index (χ4v) is 2.73. The number of hydrogen-bond donors (Lipinski definition) is 1. The Kier molecular flexibility index (Phi) is 3.75. The lowest BCUT2D eigenvalue weighted by molar-refractivity contribution is 0.00328. The SMILES string of the molecule is COC(=O)c1cccn(C2CCC[C@@](C)(O)C2)c1=O. The van der Waals surface area contributed by atoms with Gasteiger partial charge in [0, 0.05) is 12.2 Å². The third-order valence-electron chi connectivity index (χ3n) is 3.70. The van der Waals surface area contributed by atoms with Crippen molar-refractivity contribution in [3.05, 3.63) is 34.2 Å². The Hall–Kier alpha value is -1.62. The molecule has 0 aromatic carbocycles. The lowest BCUT2D eigenvalue weighted by atomic mass is 9.83. The summed E-state index contributed by atoms with van der Waals surface area (Å²) in [4.78, 5) is 23.8. The van der Waals surface area contributed by atoms with Crippen LogP contribution < -0.4 is 5.56 Å². The van der Waals surface area contributed by atoms with Gasteiger partial charge < -0.3 is 14.4 Å². The number of rotatable bonds is 2. The average Bonchev–Trinajstić information content (AvgIpc) is 2.37. The number of hydrogen-bond acceptors (Lipinski definition) is 4. The molecule has 0 spiro atoms. The molecule has 2 atom stereocenters. The van der Waals surface area contributed by atoms with Crippen molar-refractivity contribution in [2.75, 3.05) is 7.11 Å². The number of esters is 1. The predicted octanol–water partition coefficient (Wildman–Crippen LogP) is 1.50. The van der Waals surface area contributed by atoms with Crippen LogP contribution >= 0.6 is 0 Å². The van der Waals surface area contributed by atoms with Gasteiger partial charge in [-0.05, 0) is 44.7 Å². The Labute approximate surface area is 111 Å². The van der Waals surface area contributed by atoms with E-state index in [-0.39, 0.29) is 17.2 Å². The number of carbonyl (C=O) groups is 1. The number of carbonyl (C=O) groups excluding carboxylic acids is 1. The first-order valence-electron chi connectivity index (χ1n) is 6.46. The van der Waals surface area contributed by atoms with Crippen LogP contribution in [-0.2, 0) is 4.74 Å². The van der Waals surface area contributed by atoms with E-state index in [1.165, 1.54) is 13.2 Å². The fourth-order valence-electron chi connectivity index (χ4n) is 2.73. The van der Waals surface area contributed by atoms with Crippen LogP contribution in [0.3, 0.4) is 0 Å². The minimum Gasteiger partial charge on any atom is -0.465 e. The van der Waals surface area contributed by atoms with Crippen LogP contribution in [0.4, 0.5) is 0 Å². The molecule has 0 radical (unpaired) electrons. The molecule has 5 heteroatoms. The number of pyridine rings is 1. The molecular formula is C14H19NO4. The molecule has 2 rings (SSSR count). The standard InChI is InChI=1S/C14H19NO4/c1-14(18)7-3-5-10(9-14)15-8-4-6-11(12(15)16)13(17)19-2/h4,6,8,10,18H,3,5,7,9H2,1-2H3/t10?,14-/m1/s1. The van der Waals surface area contributed by atoms with E-state index in [1.54, 1.807) is 23.8 Å². The van der Waals surface area contributed by atoms with Crippen molar-refractivity contribution in [1.29, 1.82) is 0 Å². The van der Waals surface area contributed by atoms with Crippen LogP contribution in [0, 0.1) is 0 Å². The number of aliphatic hydroxyl groups is 1. The second-order valence-corrected chi connectivity index (χ2v) is 5.37. The zero-order valence-corrected chi connectivity index (χ0v) is 11.3. The molecule has 0 saturated heterocycles. The van der Waals surface area contributed by atoms with Crippen molar-refractivity contribution < 1.29 is 14.6 Å². The van der Waals surface area contributed by atoms with Crippen LogP contribution in [0.5, 0.6) is 0 Å². The van der Waals surface area contributed by atoms with E-state index >= 15 is 0 Å². The average molecular weight is 265 g/mol. The van der Waals surface area contributed by atoms with Crippen LogP contribution in [0.15, 0.2) is 23.1 Å². The Morgan fingerprint density at radius 3 is 2.95 bits per heavy atom. The maximum Gasteiger partial charge on any atom is 0.343 e. The maximum absolute atomic E-state index is 12.3. The van der Waals surface area contributed by atoms with Gasteiger partial charge in [0.1, 0.15) is 5.56 Å². The smallest absolute Gasteiger partial charge is 0.343 e. The lowest BCUT2D eigenvalue weighted by Crippen LogP contribution is -2.37. The van der Waals surface area contributed by atoms with Gasteiger partial charge in [0.25, 0.3) is 5.56 Å². The molecule has 1 saturated carbocycles. The molecule has 1 aromatic rings. The second kappa shape index (κ2) is 5.17. The summed E-state index contributed by atoms with van der Waals surface area (Å²) in [5, 5.41) is 10.1. The zero-order valence-electron chi connectivity index (χ0n) is 11.3. The third kappa shape index (κ3) is 2.87. The van der Waals surface area contributed by atoms with Crippen molar-refractivity contribution in [2.24, 2.45) is 0 Å². The highest BCUT2D eigenvalue weighted by Crippen LogP contribution is 2.34. The van der Waals surface area contributed by atoms with Gasteiger partial charge in [0.2, 0.25) is 0 Å². The first kappa shape index (κ1) is 13.8.